The molecule has 120 valence electrons. The third kappa shape index (κ3) is 4.23. The maximum atomic E-state index is 12.1. The molecule has 7 nitrogen and oxygen atoms in total. The van der Waals surface area contributed by atoms with Gasteiger partial charge in [-0.05, 0) is 28.1 Å². The second kappa shape index (κ2) is 7.47. The fourth-order valence-electron chi connectivity index (χ4n) is 2.21. The topological polar surface area (TPSA) is 80.2 Å². The fraction of sp³-hybridized carbons (Fsp3) is 0.333. The Morgan fingerprint density at radius 2 is 2.17 bits per heavy atom. The van der Waals surface area contributed by atoms with Gasteiger partial charge in [-0.25, -0.2) is 9.97 Å². The van der Waals surface area contributed by atoms with Gasteiger partial charge in [-0.3, -0.25) is 9.78 Å². The molecule has 2 aromatic heterocycles. The van der Waals surface area contributed by atoms with E-state index >= 15 is 0 Å². The molecule has 1 aliphatic rings. The number of amides is 1. The number of nitrogens with one attached hydrogen (secondary N) is 1. The van der Waals surface area contributed by atoms with Crippen LogP contribution in [0.15, 0.2) is 35.2 Å². The first-order valence-corrected chi connectivity index (χ1v) is 8.05. The molecule has 1 aliphatic heterocycles. The Balaban J connectivity index is 1.63. The number of carbonyl (C=O) groups excluding carboxylic acids is 1. The molecule has 0 spiro atoms. The minimum absolute atomic E-state index is 0.190. The number of aromatic nitrogens is 3. The minimum Gasteiger partial charge on any atom is -0.378 e. The summed E-state index contributed by atoms with van der Waals surface area (Å²) in [5.74, 6) is 0.481. The Kier molecular flexibility index (Phi) is 5.14. The number of ether oxygens (including phenoxy) is 1. The summed E-state index contributed by atoms with van der Waals surface area (Å²) >= 11 is 3.30. The largest absolute Gasteiger partial charge is 0.378 e. The summed E-state index contributed by atoms with van der Waals surface area (Å²) in [6, 6.07) is 3.52. The van der Waals surface area contributed by atoms with Gasteiger partial charge in [-0.1, -0.05) is 0 Å². The first kappa shape index (κ1) is 15.8. The van der Waals surface area contributed by atoms with E-state index in [1.807, 2.05) is 0 Å². The van der Waals surface area contributed by atoms with Gasteiger partial charge in [-0.15, -0.1) is 0 Å². The molecule has 1 N–H and O–H groups in total. The van der Waals surface area contributed by atoms with E-state index in [-0.39, 0.29) is 5.91 Å². The van der Waals surface area contributed by atoms with Crippen LogP contribution >= 0.6 is 15.9 Å². The average Bonchev–Trinajstić information content (AvgIpc) is 2.61. The molecule has 0 unspecified atom stereocenters. The second-order valence-corrected chi connectivity index (χ2v) is 5.94. The Hall–Kier alpha value is -2.06. The molecule has 1 saturated heterocycles. The third-order valence-corrected chi connectivity index (χ3v) is 3.83. The van der Waals surface area contributed by atoms with Crippen LogP contribution in [0.4, 0.5) is 5.95 Å². The molecule has 2 aromatic rings. The van der Waals surface area contributed by atoms with Crippen molar-refractivity contribution in [2.24, 2.45) is 0 Å². The lowest BCUT2D eigenvalue weighted by Gasteiger charge is -2.26. The van der Waals surface area contributed by atoms with Gasteiger partial charge in [0.05, 0.1) is 31.0 Å². The molecule has 1 fully saturated rings. The monoisotopic (exact) mass is 377 g/mol. The van der Waals surface area contributed by atoms with Crippen molar-refractivity contribution in [3.63, 3.8) is 0 Å². The lowest BCUT2D eigenvalue weighted by atomic mass is 10.2. The standard InChI is InChI=1S/C15H16BrN5O2/c16-12-7-11(8-17-9-12)14(22)19-10-13-1-2-18-15(20-13)21-3-5-23-6-4-21/h1-2,7-9H,3-6,10H2,(H,19,22). The first-order valence-electron chi connectivity index (χ1n) is 7.26. The number of morpholine rings is 1. The summed E-state index contributed by atoms with van der Waals surface area (Å²) in [6.45, 7) is 3.25. The summed E-state index contributed by atoms with van der Waals surface area (Å²) in [5.41, 5.74) is 1.26. The van der Waals surface area contributed by atoms with E-state index in [1.54, 1.807) is 24.5 Å². The number of carbonyl (C=O) groups is 1. The summed E-state index contributed by atoms with van der Waals surface area (Å²) in [4.78, 5) is 27.0. The summed E-state index contributed by atoms with van der Waals surface area (Å²) in [7, 11) is 0. The highest BCUT2D eigenvalue weighted by Gasteiger charge is 2.14. The van der Waals surface area contributed by atoms with Crippen LogP contribution in [0.3, 0.4) is 0 Å². The number of rotatable bonds is 4. The Labute approximate surface area is 142 Å². The Bertz CT molecular complexity index is 691. The number of hydrogen-bond donors (Lipinski definition) is 1. The summed E-state index contributed by atoms with van der Waals surface area (Å²) in [6.07, 6.45) is 4.87. The molecule has 3 rings (SSSR count). The second-order valence-electron chi connectivity index (χ2n) is 5.02. The number of nitrogens with zero attached hydrogens (tertiary/aromatic N) is 4. The number of pyridine rings is 1. The predicted molar refractivity (Wildman–Crippen MR) is 88.2 cm³/mol. The molecule has 8 heteroatoms. The van der Waals surface area contributed by atoms with Crippen LogP contribution in [-0.2, 0) is 11.3 Å². The highest BCUT2D eigenvalue weighted by Crippen LogP contribution is 2.11. The van der Waals surface area contributed by atoms with Crippen molar-refractivity contribution in [2.75, 3.05) is 31.2 Å². The quantitative estimate of drug-likeness (QED) is 0.867. The van der Waals surface area contributed by atoms with Crippen molar-refractivity contribution >= 4 is 27.8 Å². The first-order chi connectivity index (χ1) is 11.2. The van der Waals surface area contributed by atoms with Gasteiger partial charge < -0.3 is 15.0 Å². The van der Waals surface area contributed by atoms with Crippen LogP contribution in [0, 0.1) is 0 Å². The smallest absolute Gasteiger partial charge is 0.253 e. The van der Waals surface area contributed by atoms with Gasteiger partial charge in [0.2, 0.25) is 5.95 Å². The molecule has 0 aromatic carbocycles. The summed E-state index contributed by atoms with van der Waals surface area (Å²) < 4.78 is 6.09. The van der Waals surface area contributed by atoms with Gasteiger partial charge in [-0.2, -0.15) is 0 Å². The zero-order chi connectivity index (χ0) is 16.1. The van der Waals surface area contributed by atoms with E-state index in [1.165, 1.54) is 6.20 Å². The maximum Gasteiger partial charge on any atom is 0.253 e. The Morgan fingerprint density at radius 1 is 1.35 bits per heavy atom. The summed E-state index contributed by atoms with van der Waals surface area (Å²) in [5, 5.41) is 2.84. The van der Waals surface area contributed by atoms with Gasteiger partial charge in [0.1, 0.15) is 0 Å². The average molecular weight is 378 g/mol. The third-order valence-electron chi connectivity index (χ3n) is 3.39. The van der Waals surface area contributed by atoms with E-state index < -0.39 is 0 Å². The molecule has 0 aliphatic carbocycles. The molecule has 23 heavy (non-hydrogen) atoms. The van der Waals surface area contributed by atoms with Gasteiger partial charge >= 0.3 is 0 Å². The molecule has 0 saturated carbocycles. The number of hydrogen-bond acceptors (Lipinski definition) is 6. The van der Waals surface area contributed by atoms with Gasteiger partial charge in [0.15, 0.2) is 0 Å². The molecular weight excluding hydrogens is 362 g/mol. The molecule has 0 bridgehead atoms. The molecule has 1 amide bonds. The van der Waals surface area contributed by atoms with E-state index in [9.17, 15) is 4.79 Å². The minimum atomic E-state index is -0.190. The van der Waals surface area contributed by atoms with E-state index in [4.69, 9.17) is 4.74 Å². The molecule has 0 radical (unpaired) electrons. The molecule has 3 heterocycles. The zero-order valence-corrected chi connectivity index (χ0v) is 14.0. The van der Waals surface area contributed by atoms with Gasteiger partial charge in [0.25, 0.3) is 5.91 Å². The van der Waals surface area contributed by atoms with Gasteiger partial charge in [0, 0.05) is 36.2 Å². The van der Waals surface area contributed by atoms with Crippen LogP contribution in [0.25, 0.3) is 0 Å². The lowest BCUT2D eigenvalue weighted by Crippen LogP contribution is -2.37. The number of halogens is 1. The van der Waals surface area contributed by atoms with Crippen LogP contribution in [-0.4, -0.2) is 47.2 Å². The van der Waals surface area contributed by atoms with Crippen molar-refractivity contribution in [3.8, 4) is 0 Å². The molecule has 0 atom stereocenters. The molecular formula is C15H16BrN5O2. The van der Waals surface area contributed by atoms with Crippen LogP contribution in [0.5, 0.6) is 0 Å². The number of anilines is 1. The lowest BCUT2D eigenvalue weighted by molar-refractivity contribution is 0.0950. The van der Waals surface area contributed by atoms with Crippen LogP contribution < -0.4 is 10.2 Å². The van der Waals surface area contributed by atoms with Crippen LogP contribution in [0.2, 0.25) is 0 Å². The van der Waals surface area contributed by atoms with E-state index in [0.717, 1.165) is 23.3 Å². The van der Waals surface area contributed by atoms with Crippen molar-refractivity contribution in [1.82, 2.24) is 20.3 Å². The highest BCUT2D eigenvalue weighted by atomic mass is 79.9. The maximum absolute atomic E-state index is 12.1. The van der Waals surface area contributed by atoms with Crippen molar-refractivity contribution < 1.29 is 9.53 Å². The van der Waals surface area contributed by atoms with Crippen molar-refractivity contribution in [2.45, 2.75) is 6.54 Å². The highest BCUT2D eigenvalue weighted by molar-refractivity contribution is 9.10. The van der Waals surface area contributed by atoms with E-state index in [2.05, 4.69) is 41.1 Å². The van der Waals surface area contributed by atoms with E-state index in [0.29, 0.717) is 31.3 Å². The van der Waals surface area contributed by atoms with Crippen molar-refractivity contribution in [3.05, 3.63) is 46.5 Å². The SMILES string of the molecule is O=C(NCc1ccnc(N2CCOCC2)n1)c1cncc(Br)c1. The normalized spacial score (nSPS) is 14.6. The van der Waals surface area contributed by atoms with Crippen molar-refractivity contribution in [1.29, 1.82) is 0 Å². The predicted octanol–water partition coefficient (Wildman–Crippen LogP) is 1.40. The Morgan fingerprint density at radius 3 is 2.96 bits per heavy atom. The fourth-order valence-corrected chi connectivity index (χ4v) is 2.57. The zero-order valence-electron chi connectivity index (χ0n) is 12.4. The van der Waals surface area contributed by atoms with Crippen LogP contribution in [0.1, 0.15) is 16.1 Å².